The van der Waals surface area contributed by atoms with Crippen LogP contribution in [0.2, 0.25) is 0 Å². The lowest BCUT2D eigenvalue weighted by atomic mass is 9.95. The predicted molar refractivity (Wildman–Crippen MR) is 115 cm³/mol. The molecule has 8 nitrogen and oxygen atoms in total. The molecule has 0 bridgehead atoms. The van der Waals surface area contributed by atoms with Gasteiger partial charge in [0.15, 0.2) is 0 Å². The summed E-state index contributed by atoms with van der Waals surface area (Å²) in [6, 6.07) is 5.77. The number of hydrogen-bond donors (Lipinski definition) is 0. The summed E-state index contributed by atoms with van der Waals surface area (Å²) in [5.41, 5.74) is -0.0691. The van der Waals surface area contributed by atoms with Crippen LogP contribution in [0.1, 0.15) is 50.9 Å². The predicted octanol–water partition coefficient (Wildman–Crippen LogP) is 2.29. The topological polar surface area (TPSA) is 93.2 Å². The molecule has 0 radical (unpaired) electrons. The van der Waals surface area contributed by atoms with Crippen molar-refractivity contribution in [3.63, 3.8) is 0 Å². The van der Waals surface area contributed by atoms with Gasteiger partial charge in [-0.1, -0.05) is 0 Å². The van der Waals surface area contributed by atoms with E-state index in [0.717, 1.165) is 0 Å². The molecule has 0 saturated carbocycles. The zero-order valence-electron chi connectivity index (χ0n) is 18.7. The molecule has 1 amide bonds. The average Bonchev–Trinajstić information content (AvgIpc) is 2.72. The van der Waals surface area contributed by atoms with Crippen LogP contribution in [-0.2, 0) is 24.3 Å². The Morgan fingerprint density at radius 1 is 1.16 bits per heavy atom. The van der Waals surface area contributed by atoms with Crippen LogP contribution in [0.3, 0.4) is 0 Å². The third kappa shape index (κ3) is 5.45. The van der Waals surface area contributed by atoms with Crippen LogP contribution in [0, 0.1) is 5.92 Å². The maximum absolute atomic E-state index is 13.0. The maximum Gasteiger partial charge on any atom is 0.338 e. The van der Waals surface area contributed by atoms with E-state index in [1.807, 2.05) is 25.7 Å². The molecule has 1 aromatic rings. The number of nitrogens with zero attached hydrogens (tertiary/aromatic N) is 2. The molecular weight excluding hydrogens is 420 g/mol. The van der Waals surface area contributed by atoms with E-state index in [4.69, 9.17) is 9.47 Å². The molecule has 172 valence electrons. The van der Waals surface area contributed by atoms with Gasteiger partial charge in [0.25, 0.3) is 0 Å². The third-order valence-electron chi connectivity index (χ3n) is 5.69. The average molecular weight is 453 g/mol. The van der Waals surface area contributed by atoms with Gasteiger partial charge in [-0.3, -0.25) is 4.79 Å². The molecule has 0 aliphatic carbocycles. The van der Waals surface area contributed by atoms with Gasteiger partial charge in [0.05, 0.1) is 28.8 Å². The first-order chi connectivity index (χ1) is 14.5. The van der Waals surface area contributed by atoms with Crippen molar-refractivity contribution in [1.29, 1.82) is 0 Å². The number of sulfonamides is 1. The van der Waals surface area contributed by atoms with E-state index in [1.165, 1.54) is 28.6 Å². The highest BCUT2D eigenvalue weighted by molar-refractivity contribution is 7.89. The van der Waals surface area contributed by atoms with Crippen LogP contribution in [0.5, 0.6) is 0 Å². The molecule has 2 heterocycles. The fraction of sp³-hybridized carbons (Fsp3) is 0.636. The molecule has 2 saturated heterocycles. The number of morpholine rings is 1. The van der Waals surface area contributed by atoms with Gasteiger partial charge in [-0.25, -0.2) is 13.2 Å². The van der Waals surface area contributed by atoms with Crippen LogP contribution >= 0.6 is 0 Å². The van der Waals surface area contributed by atoms with Gasteiger partial charge in [-0.2, -0.15) is 4.31 Å². The van der Waals surface area contributed by atoms with E-state index >= 15 is 0 Å². The number of rotatable bonds is 5. The fourth-order valence-corrected chi connectivity index (χ4v) is 5.82. The number of piperidine rings is 1. The first-order valence-corrected chi connectivity index (χ1v) is 12.2. The van der Waals surface area contributed by atoms with Crippen molar-refractivity contribution in [2.75, 3.05) is 32.8 Å². The van der Waals surface area contributed by atoms with Crippen molar-refractivity contribution < 1.29 is 27.5 Å². The molecule has 2 aliphatic rings. The Kier molecular flexibility index (Phi) is 7.08. The highest BCUT2D eigenvalue weighted by Crippen LogP contribution is 2.28. The van der Waals surface area contributed by atoms with Crippen molar-refractivity contribution in [3.05, 3.63) is 29.8 Å². The Hall–Kier alpha value is -1.97. The standard InChI is InChI=1S/C22H32N2O6S/c1-5-29-21(26)18-6-8-19(9-7-18)31(27,28)24-12-10-17(11-13-24)20(25)23-14-16(2)30-22(3,4)15-23/h6-9,16-17H,5,10-15H2,1-4H3. The van der Waals surface area contributed by atoms with Gasteiger partial charge >= 0.3 is 5.97 Å². The summed E-state index contributed by atoms with van der Waals surface area (Å²) < 4.78 is 38.2. The molecule has 2 fully saturated rings. The van der Waals surface area contributed by atoms with Crippen LogP contribution in [-0.4, -0.2) is 74.0 Å². The van der Waals surface area contributed by atoms with E-state index in [2.05, 4.69) is 0 Å². The van der Waals surface area contributed by atoms with Crippen LogP contribution < -0.4 is 0 Å². The minimum atomic E-state index is -3.68. The fourth-order valence-electron chi connectivity index (χ4n) is 4.35. The Morgan fingerprint density at radius 2 is 1.77 bits per heavy atom. The summed E-state index contributed by atoms with van der Waals surface area (Å²) in [5, 5.41) is 0. The minimum Gasteiger partial charge on any atom is -0.462 e. The number of esters is 1. The zero-order chi connectivity index (χ0) is 22.8. The second-order valence-corrected chi connectivity index (χ2v) is 10.8. The lowest BCUT2D eigenvalue weighted by molar-refractivity contribution is -0.162. The summed E-state index contributed by atoms with van der Waals surface area (Å²) >= 11 is 0. The maximum atomic E-state index is 13.0. The number of hydrogen-bond acceptors (Lipinski definition) is 6. The third-order valence-corrected chi connectivity index (χ3v) is 7.60. The Balaban J connectivity index is 1.62. The second-order valence-electron chi connectivity index (χ2n) is 8.83. The molecular formula is C22H32N2O6S. The molecule has 2 aliphatic heterocycles. The molecule has 31 heavy (non-hydrogen) atoms. The second kappa shape index (κ2) is 9.26. The van der Waals surface area contributed by atoms with E-state index in [0.29, 0.717) is 44.6 Å². The Morgan fingerprint density at radius 3 is 2.32 bits per heavy atom. The largest absolute Gasteiger partial charge is 0.462 e. The minimum absolute atomic E-state index is 0.0225. The van der Waals surface area contributed by atoms with Crippen molar-refractivity contribution in [3.8, 4) is 0 Å². The molecule has 1 unspecified atom stereocenters. The highest BCUT2D eigenvalue weighted by atomic mass is 32.2. The van der Waals surface area contributed by atoms with Gasteiger partial charge in [0.2, 0.25) is 15.9 Å². The summed E-state index contributed by atoms with van der Waals surface area (Å²) in [4.78, 5) is 26.8. The molecule has 0 aromatic heterocycles. The van der Waals surface area contributed by atoms with Gasteiger partial charge < -0.3 is 14.4 Å². The SMILES string of the molecule is CCOC(=O)c1ccc(S(=O)(=O)N2CCC(C(=O)N3CC(C)OC(C)(C)C3)CC2)cc1. The van der Waals surface area contributed by atoms with Crippen LogP contribution in [0.4, 0.5) is 0 Å². The van der Waals surface area contributed by atoms with Gasteiger partial charge in [-0.15, -0.1) is 0 Å². The van der Waals surface area contributed by atoms with E-state index < -0.39 is 16.0 Å². The monoisotopic (exact) mass is 452 g/mol. The van der Waals surface area contributed by atoms with Crippen molar-refractivity contribution in [2.45, 2.75) is 57.1 Å². The lowest BCUT2D eigenvalue weighted by Gasteiger charge is -2.43. The lowest BCUT2D eigenvalue weighted by Crippen LogP contribution is -2.56. The highest BCUT2D eigenvalue weighted by Gasteiger charge is 2.38. The van der Waals surface area contributed by atoms with Crippen molar-refractivity contribution in [1.82, 2.24) is 9.21 Å². The number of carbonyl (C=O) groups is 2. The number of ether oxygens (including phenoxy) is 2. The summed E-state index contributed by atoms with van der Waals surface area (Å²) in [6.07, 6.45) is 0.960. The van der Waals surface area contributed by atoms with Gasteiger partial charge in [0.1, 0.15) is 0 Å². The molecule has 0 N–H and O–H groups in total. The molecule has 1 aromatic carbocycles. The Labute approximate surface area is 184 Å². The smallest absolute Gasteiger partial charge is 0.338 e. The molecule has 1 atom stereocenters. The Bertz CT molecular complexity index is 904. The van der Waals surface area contributed by atoms with Gasteiger partial charge in [0, 0.05) is 32.1 Å². The van der Waals surface area contributed by atoms with Gasteiger partial charge in [-0.05, 0) is 64.8 Å². The van der Waals surface area contributed by atoms with Crippen molar-refractivity contribution >= 4 is 21.9 Å². The summed E-state index contributed by atoms with van der Waals surface area (Å²) in [5.74, 6) is -0.579. The van der Waals surface area contributed by atoms with E-state index in [1.54, 1.807) is 6.92 Å². The summed E-state index contributed by atoms with van der Waals surface area (Å²) in [6.45, 7) is 9.58. The molecule has 3 rings (SSSR count). The van der Waals surface area contributed by atoms with E-state index in [9.17, 15) is 18.0 Å². The number of amides is 1. The summed E-state index contributed by atoms with van der Waals surface area (Å²) in [7, 11) is -3.68. The first-order valence-electron chi connectivity index (χ1n) is 10.8. The normalized spacial score (nSPS) is 22.8. The number of carbonyl (C=O) groups excluding carboxylic acids is 2. The van der Waals surface area contributed by atoms with Crippen molar-refractivity contribution in [2.24, 2.45) is 5.92 Å². The molecule has 9 heteroatoms. The quantitative estimate of drug-likeness (QED) is 0.637. The first kappa shape index (κ1) is 23.7. The molecule has 0 spiro atoms. The number of benzene rings is 1. The van der Waals surface area contributed by atoms with Crippen LogP contribution in [0.15, 0.2) is 29.2 Å². The van der Waals surface area contributed by atoms with E-state index in [-0.39, 0.29) is 35.0 Å². The zero-order valence-corrected chi connectivity index (χ0v) is 19.5. The van der Waals surface area contributed by atoms with Crippen LogP contribution in [0.25, 0.3) is 0 Å².